The van der Waals surface area contributed by atoms with E-state index in [-0.39, 0.29) is 29.8 Å². The number of hydrogen-bond donors (Lipinski definition) is 0. The lowest BCUT2D eigenvalue weighted by molar-refractivity contribution is -0.141. The average Bonchev–Trinajstić information content (AvgIpc) is 3.28. The third kappa shape index (κ3) is 3.81. The SMILES string of the molecule is CN(C(=O)c1cnn2c1CN(C(=O)c1cc3c(F)cc(F)cn3c1)CC2)C1(COC(F)F)CC1. The Hall–Kier alpha value is -3.41. The third-order valence-corrected chi connectivity index (χ3v) is 6.58. The predicted molar refractivity (Wildman–Crippen MR) is 110 cm³/mol. The molecular formula is C22H21F4N5O3. The van der Waals surface area contributed by atoms with Crippen LogP contribution < -0.4 is 0 Å². The van der Waals surface area contributed by atoms with E-state index in [1.165, 1.54) is 32.7 Å². The highest BCUT2D eigenvalue weighted by atomic mass is 19.3. The molecule has 1 fully saturated rings. The fourth-order valence-electron chi connectivity index (χ4n) is 4.37. The molecule has 0 bridgehead atoms. The first-order valence-electron chi connectivity index (χ1n) is 10.7. The summed E-state index contributed by atoms with van der Waals surface area (Å²) >= 11 is 0. The molecule has 1 saturated carbocycles. The fourth-order valence-corrected chi connectivity index (χ4v) is 4.37. The number of likely N-dealkylation sites (N-methyl/N-ethyl adjacent to an activating group) is 1. The lowest BCUT2D eigenvalue weighted by atomic mass is 10.1. The summed E-state index contributed by atoms with van der Waals surface area (Å²) in [6.07, 6.45) is 4.95. The monoisotopic (exact) mass is 479 g/mol. The minimum Gasteiger partial charge on any atom is -0.334 e. The van der Waals surface area contributed by atoms with Crippen LogP contribution >= 0.6 is 0 Å². The summed E-state index contributed by atoms with van der Waals surface area (Å²) < 4.78 is 59.9. The van der Waals surface area contributed by atoms with E-state index < -0.39 is 35.6 Å². The minimum atomic E-state index is -2.92. The van der Waals surface area contributed by atoms with Crippen molar-refractivity contribution >= 4 is 17.3 Å². The van der Waals surface area contributed by atoms with Gasteiger partial charge in [0, 0.05) is 32.1 Å². The van der Waals surface area contributed by atoms with Gasteiger partial charge < -0.3 is 18.9 Å². The average molecular weight is 479 g/mol. The number of aromatic nitrogens is 3. The summed E-state index contributed by atoms with van der Waals surface area (Å²) in [5.74, 6) is -2.33. The number of halogens is 4. The van der Waals surface area contributed by atoms with Crippen molar-refractivity contribution in [1.82, 2.24) is 24.0 Å². The first kappa shape index (κ1) is 22.4. The van der Waals surface area contributed by atoms with Gasteiger partial charge in [-0.05, 0) is 18.9 Å². The first-order valence-corrected chi connectivity index (χ1v) is 10.7. The van der Waals surface area contributed by atoms with Crippen LogP contribution in [0.4, 0.5) is 17.6 Å². The molecule has 0 saturated heterocycles. The van der Waals surface area contributed by atoms with E-state index in [2.05, 4.69) is 9.84 Å². The Morgan fingerprint density at radius 2 is 1.97 bits per heavy atom. The van der Waals surface area contributed by atoms with Crippen LogP contribution in [0.1, 0.15) is 39.3 Å². The third-order valence-electron chi connectivity index (χ3n) is 6.58. The van der Waals surface area contributed by atoms with Gasteiger partial charge in [-0.25, -0.2) is 8.78 Å². The van der Waals surface area contributed by atoms with Gasteiger partial charge in [-0.2, -0.15) is 13.9 Å². The number of carbonyl (C=O) groups is 2. The van der Waals surface area contributed by atoms with Gasteiger partial charge in [-0.3, -0.25) is 14.3 Å². The van der Waals surface area contributed by atoms with E-state index in [1.54, 1.807) is 11.7 Å². The molecule has 34 heavy (non-hydrogen) atoms. The molecule has 8 nitrogen and oxygen atoms in total. The summed E-state index contributed by atoms with van der Waals surface area (Å²) in [5, 5.41) is 4.24. The maximum Gasteiger partial charge on any atom is 0.345 e. The number of nitrogens with zero attached hydrogens (tertiary/aromatic N) is 5. The fraction of sp³-hybridized carbons (Fsp3) is 0.409. The van der Waals surface area contributed by atoms with E-state index in [0.717, 1.165) is 12.3 Å². The molecule has 0 atom stereocenters. The summed E-state index contributed by atoms with van der Waals surface area (Å²) in [4.78, 5) is 29.2. The molecule has 3 aromatic heterocycles. The smallest absolute Gasteiger partial charge is 0.334 e. The summed E-state index contributed by atoms with van der Waals surface area (Å²) in [6.45, 7) is -2.45. The van der Waals surface area contributed by atoms with Crippen LogP contribution in [0.15, 0.2) is 30.7 Å². The van der Waals surface area contributed by atoms with Crippen LogP contribution in [0.2, 0.25) is 0 Å². The van der Waals surface area contributed by atoms with E-state index >= 15 is 0 Å². The second-order valence-corrected chi connectivity index (χ2v) is 8.64. The molecule has 0 aromatic carbocycles. The number of pyridine rings is 1. The highest BCUT2D eigenvalue weighted by Gasteiger charge is 2.50. The number of fused-ring (bicyclic) bond motifs is 2. The Balaban J connectivity index is 1.36. The zero-order valence-corrected chi connectivity index (χ0v) is 18.2. The maximum absolute atomic E-state index is 14.0. The van der Waals surface area contributed by atoms with E-state index in [9.17, 15) is 27.2 Å². The van der Waals surface area contributed by atoms with Crippen molar-refractivity contribution in [3.05, 3.63) is 59.2 Å². The number of carbonyl (C=O) groups excluding carboxylic acids is 2. The van der Waals surface area contributed by atoms with Crippen LogP contribution in [-0.4, -0.2) is 68.1 Å². The molecule has 1 aliphatic carbocycles. The molecule has 2 amide bonds. The molecule has 0 unspecified atom stereocenters. The Bertz CT molecular complexity index is 1280. The zero-order chi connectivity index (χ0) is 24.2. The van der Waals surface area contributed by atoms with Crippen molar-refractivity contribution in [3.8, 4) is 0 Å². The van der Waals surface area contributed by atoms with Crippen LogP contribution in [0.3, 0.4) is 0 Å². The Kier molecular flexibility index (Phi) is 5.34. The Morgan fingerprint density at radius 1 is 1.21 bits per heavy atom. The summed E-state index contributed by atoms with van der Waals surface area (Å²) in [7, 11) is 1.54. The van der Waals surface area contributed by atoms with Crippen LogP contribution in [0, 0.1) is 11.6 Å². The quantitative estimate of drug-likeness (QED) is 0.510. The molecule has 2 aliphatic rings. The lowest BCUT2D eigenvalue weighted by Gasteiger charge is -2.30. The molecule has 0 N–H and O–H groups in total. The molecule has 5 rings (SSSR count). The van der Waals surface area contributed by atoms with Gasteiger partial charge in [0.05, 0.1) is 53.8 Å². The molecule has 3 aromatic rings. The van der Waals surface area contributed by atoms with E-state index in [1.807, 2.05) is 0 Å². The van der Waals surface area contributed by atoms with Gasteiger partial charge in [-0.1, -0.05) is 0 Å². The summed E-state index contributed by atoms with van der Waals surface area (Å²) in [6, 6.07) is 2.10. The molecule has 1 aliphatic heterocycles. The van der Waals surface area contributed by atoms with Gasteiger partial charge in [0.15, 0.2) is 0 Å². The summed E-state index contributed by atoms with van der Waals surface area (Å²) in [5.41, 5.74) is 0.272. The molecular weight excluding hydrogens is 458 g/mol. The van der Waals surface area contributed by atoms with Crippen molar-refractivity contribution in [1.29, 1.82) is 0 Å². The van der Waals surface area contributed by atoms with Crippen molar-refractivity contribution in [2.75, 3.05) is 20.2 Å². The number of ether oxygens (including phenoxy) is 1. The topological polar surface area (TPSA) is 72.1 Å². The van der Waals surface area contributed by atoms with Gasteiger partial charge in [0.25, 0.3) is 11.8 Å². The Labute approximate surface area is 191 Å². The molecule has 180 valence electrons. The normalized spacial score (nSPS) is 16.7. The van der Waals surface area contributed by atoms with E-state index in [0.29, 0.717) is 31.6 Å². The van der Waals surface area contributed by atoms with Crippen molar-refractivity contribution in [3.63, 3.8) is 0 Å². The minimum absolute atomic E-state index is 0.0741. The van der Waals surface area contributed by atoms with Gasteiger partial charge in [0.1, 0.15) is 11.6 Å². The largest absolute Gasteiger partial charge is 0.345 e. The van der Waals surface area contributed by atoms with Crippen LogP contribution in [-0.2, 0) is 17.8 Å². The van der Waals surface area contributed by atoms with Gasteiger partial charge in [0.2, 0.25) is 0 Å². The second kappa shape index (κ2) is 8.12. The molecule has 0 spiro atoms. The highest BCUT2D eigenvalue weighted by Crippen LogP contribution is 2.42. The maximum atomic E-state index is 14.0. The number of amides is 2. The number of hydrogen-bond acceptors (Lipinski definition) is 4. The van der Waals surface area contributed by atoms with Crippen LogP contribution in [0.25, 0.3) is 5.52 Å². The van der Waals surface area contributed by atoms with Crippen molar-refractivity contribution in [2.24, 2.45) is 0 Å². The molecule has 0 radical (unpaired) electrons. The standard InChI is InChI=1S/C22H21F4N5O3/c1-28(22(2-3-22)12-34-21(25)26)20(33)15-8-27-31-5-4-29(11-18(15)31)19(32)13-6-17-16(24)7-14(23)10-30(17)9-13/h6-10,21H,2-5,11-12H2,1H3. The second-order valence-electron chi connectivity index (χ2n) is 8.64. The first-order chi connectivity index (χ1) is 16.2. The van der Waals surface area contributed by atoms with Crippen LogP contribution in [0.5, 0.6) is 0 Å². The van der Waals surface area contributed by atoms with Gasteiger partial charge >= 0.3 is 6.61 Å². The number of alkyl halides is 2. The highest BCUT2D eigenvalue weighted by molar-refractivity contribution is 5.97. The predicted octanol–water partition coefficient (Wildman–Crippen LogP) is 2.91. The van der Waals surface area contributed by atoms with Crippen molar-refractivity contribution < 1.29 is 31.9 Å². The Morgan fingerprint density at radius 3 is 2.68 bits per heavy atom. The number of rotatable bonds is 6. The molecule has 4 heterocycles. The zero-order valence-electron chi connectivity index (χ0n) is 18.2. The lowest BCUT2D eigenvalue weighted by Crippen LogP contribution is -2.44. The molecule has 12 heteroatoms. The van der Waals surface area contributed by atoms with E-state index in [4.69, 9.17) is 0 Å². The van der Waals surface area contributed by atoms with Crippen molar-refractivity contribution in [2.45, 2.75) is 38.1 Å². The van der Waals surface area contributed by atoms with Gasteiger partial charge in [-0.15, -0.1) is 0 Å².